The predicted molar refractivity (Wildman–Crippen MR) is 90.3 cm³/mol. The fraction of sp³-hybridized carbons (Fsp3) is 0.333. The van der Waals surface area contributed by atoms with Gasteiger partial charge in [-0.2, -0.15) is 0 Å². The summed E-state index contributed by atoms with van der Waals surface area (Å²) in [5.41, 5.74) is 6.46. The maximum absolute atomic E-state index is 14.3. The molecule has 1 aliphatic heterocycles. The molecule has 24 heavy (non-hydrogen) atoms. The van der Waals surface area contributed by atoms with Crippen LogP contribution in [-0.4, -0.2) is 18.3 Å². The lowest BCUT2D eigenvalue weighted by Gasteiger charge is -2.44. The molecule has 6 heteroatoms. The molecule has 3 rings (SSSR count). The molecule has 0 aliphatic carbocycles. The summed E-state index contributed by atoms with van der Waals surface area (Å²) in [6.07, 6.45) is 0.111. The largest absolute Gasteiger partial charge is 0.396 e. The highest BCUT2D eigenvalue weighted by Crippen LogP contribution is 2.42. The van der Waals surface area contributed by atoms with Gasteiger partial charge in [-0.3, -0.25) is 0 Å². The molecule has 0 aromatic heterocycles. The summed E-state index contributed by atoms with van der Waals surface area (Å²) in [7, 11) is 0. The van der Waals surface area contributed by atoms with Gasteiger partial charge >= 0.3 is 0 Å². The molecule has 3 N–H and O–H groups in total. The van der Waals surface area contributed by atoms with Crippen molar-refractivity contribution in [3.8, 4) is 0 Å². The lowest BCUT2D eigenvalue weighted by atomic mass is 9.74. The predicted octanol–water partition coefficient (Wildman–Crippen LogP) is 3.65. The minimum absolute atomic E-state index is 0.0631. The number of benzene rings is 2. The number of halogens is 3. The lowest BCUT2D eigenvalue weighted by molar-refractivity contribution is -0.0779. The van der Waals surface area contributed by atoms with E-state index in [4.69, 9.17) is 10.5 Å². The number of ether oxygens (including phenoxy) is 1. The van der Waals surface area contributed by atoms with E-state index in [1.54, 1.807) is 24.3 Å². The molecule has 128 valence electrons. The van der Waals surface area contributed by atoms with Crippen molar-refractivity contribution in [2.45, 2.75) is 18.1 Å². The van der Waals surface area contributed by atoms with E-state index in [9.17, 15) is 13.9 Å². The third kappa shape index (κ3) is 3.24. The summed E-state index contributed by atoms with van der Waals surface area (Å²) < 4.78 is 33.9. The maximum atomic E-state index is 14.3. The monoisotopic (exact) mass is 397 g/mol. The molecule has 0 unspecified atom stereocenters. The van der Waals surface area contributed by atoms with Gasteiger partial charge in [0.1, 0.15) is 11.6 Å². The quantitative estimate of drug-likeness (QED) is 0.830. The average Bonchev–Trinajstić information content (AvgIpc) is 2.58. The zero-order valence-corrected chi connectivity index (χ0v) is 14.5. The highest BCUT2D eigenvalue weighted by molar-refractivity contribution is 9.10. The van der Waals surface area contributed by atoms with Gasteiger partial charge in [-0.05, 0) is 42.3 Å². The zero-order valence-electron chi connectivity index (χ0n) is 12.9. The molecule has 0 radical (unpaired) electrons. The van der Waals surface area contributed by atoms with E-state index in [1.807, 2.05) is 0 Å². The fourth-order valence-corrected chi connectivity index (χ4v) is 3.55. The summed E-state index contributed by atoms with van der Waals surface area (Å²) >= 11 is 3.32. The molecule has 3 nitrogen and oxygen atoms in total. The summed E-state index contributed by atoms with van der Waals surface area (Å²) in [4.78, 5) is 0. The lowest BCUT2D eigenvalue weighted by Crippen LogP contribution is -2.53. The Hall–Kier alpha value is -1.34. The van der Waals surface area contributed by atoms with E-state index < -0.39 is 11.4 Å². The molecule has 0 bridgehead atoms. The molecule has 1 saturated heterocycles. The highest BCUT2D eigenvalue weighted by Gasteiger charge is 2.44. The van der Waals surface area contributed by atoms with Crippen molar-refractivity contribution in [1.82, 2.24) is 0 Å². The van der Waals surface area contributed by atoms with Gasteiger partial charge in [0.25, 0.3) is 0 Å². The molecule has 2 aromatic carbocycles. The summed E-state index contributed by atoms with van der Waals surface area (Å²) in [5.74, 6) is -1.13. The van der Waals surface area contributed by atoms with Crippen LogP contribution in [0, 0.1) is 17.6 Å². The van der Waals surface area contributed by atoms with Crippen LogP contribution < -0.4 is 5.73 Å². The maximum Gasteiger partial charge on any atom is 0.128 e. The summed E-state index contributed by atoms with van der Waals surface area (Å²) in [6, 6.07) is 10.6. The molecule has 1 aliphatic rings. The van der Waals surface area contributed by atoms with Crippen LogP contribution in [0.25, 0.3) is 0 Å². The number of rotatable bonds is 3. The van der Waals surface area contributed by atoms with Crippen molar-refractivity contribution in [1.29, 1.82) is 0 Å². The number of hydrogen-bond acceptors (Lipinski definition) is 3. The Bertz CT molecular complexity index is 725. The van der Waals surface area contributed by atoms with E-state index in [1.165, 1.54) is 18.2 Å². The van der Waals surface area contributed by atoms with Crippen LogP contribution in [0.4, 0.5) is 8.78 Å². The summed E-state index contributed by atoms with van der Waals surface area (Å²) in [5, 5.41) is 9.83. The van der Waals surface area contributed by atoms with Gasteiger partial charge in [0.15, 0.2) is 0 Å². The number of nitrogens with two attached hydrogens (primary N) is 1. The van der Waals surface area contributed by atoms with Gasteiger partial charge < -0.3 is 15.6 Å². The van der Waals surface area contributed by atoms with Crippen LogP contribution in [0.3, 0.4) is 0 Å². The first kappa shape index (κ1) is 17.5. The SMILES string of the molecule is N[C@@]1(c2cc(Br)ccc2F)CO[C@@H](c2ccc(F)cc2)C[C@H]1CO. The Morgan fingerprint density at radius 3 is 2.58 bits per heavy atom. The fourth-order valence-electron chi connectivity index (χ4n) is 3.19. The average molecular weight is 398 g/mol. The van der Waals surface area contributed by atoms with Crippen LogP contribution >= 0.6 is 15.9 Å². The Morgan fingerprint density at radius 2 is 1.92 bits per heavy atom. The second-order valence-corrected chi connectivity index (χ2v) is 7.05. The van der Waals surface area contributed by atoms with Crippen molar-refractivity contribution in [2.75, 3.05) is 13.2 Å². The first-order chi connectivity index (χ1) is 11.4. The number of aliphatic hydroxyl groups excluding tert-OH is 1. The van der Waals surface area contributed by atoms with Gasteiger partial charge in [0, 0.05) is 22.6 Å². The minimum atomic E-state index is -1.13. The standard InChI is InChI=1S/C18H18BrF2NO2/c19-13-3-6-16(21)15(8-13)18(22)10-24-17(7-12(18)9-23)11-1-4-14(20)5-2-11/h1-6,8,12,17,23H,7,9-10,22H2/t12-,17+,18-/m0/s1. The van der Waals surface area contributed by atoms with Crippen LogP contribution in [-0.2, 0) is 10.3 Å². The molecular formula is C18H18BrF2NO2. The molecule has 1 heterocycles. The number of aliphatic hydroxyl groups is 1. The molecule has 0 amide bonds. The van der Waals surface area contributed by atoms with E-state index >= 15 is 0 Å². The molecule has 0 spiro atoms. The Labute approximate surface area is 147 Å². The smallest absolute Gasteiger partial charge is 0.128 e. The third-order valence-corrected chi connectivity index (χ3v) is 5.14. The topological polar surface area (TPSA) is 55.5 Å². The van der Waals surface area contributed by atoms with Crippen LogP contribution in [0.15, 0.2) is 46.9 Å². The van der Waals surface area contributed by atoms with Gasteiger partial charge in [0.2, 0.25) is 0 Å². The van der Waals surface area contributed by atoms with Crippen molar-refractivity contribution in [3.05, 3.63) is 69.7 Å². The highest BCUT2D eigenvalue weighted by atomic mass is 79.9. The molecule has 1 fully saturated rings. The van der Waals surface area contributed by atoms with Gasteiger partial charge in [-0.1, -0.05) is 28.1 Å². The number of hydrogen-bond donors (Lipinski definition) is 2. The van der Waals surface area contributed by atoms with Crippen molar-refractivity contribution >= 4 is 15.9 Å². The molecular weight excluding hydrogens is 380 g/mol. The van der Waals surface area contributed by atoms with E-state index in [-0.39, 0.29) is 31.1 Å². The van der Waals surface area contributed by atoms with Crippen molar-refractivity contribution in [3.63, 3.8) is 0 Å². The zero-order chi connectivity index (χ0) is 17.3. The first-order valence-corrected chi connectivity index (χ1v) is 8.45. The van der Waals surface area contributed by atoms with Gasteiger partial charge in [-0.15, -0.1) is 0 Å². The Morgan fingerprint density at radius 1 is 1.21 bits per heavy atom. The van der Waals surface area contributed by atoms with Gasteiger partial charge in [-0.25, -0.2) is 8.78 Å². The molecule has 3 atom stereocenters. The molecule has 2 aromatic rings. The minimum Gasteiger partial charge on any atom is -0.396 e. The van der Waals surface area contributed by atoms with Crippen molar-refractivity contribution in [2.24, 2.45) is 11.7 Å². The van der Waals surface area contributed by atoms with E-state index in [0.717, 1.165) is 5.56 Å². The second-order valence-electron chi connectivity index (χ2n) is 6.13. The Balaban J connectivity index is 1.89. The normalized spacial score (nSPS) is 27.2. The van der Waals surface area contributed by atoms with E-state index in [2.05, 4.69) is 15.9 Å². The van der Waals surface area contributed by atoms with Crippen LogP contribution in [0.1, 0.15) is 23.7 Å². The van der Waals surface area contributed by atoms with Crippen LogP contribution in [0.2, 0.25) is 0 Å². The Kier molecular flexibility index (Phi) is 5.01. The van der Waals surface area contributed by atoms with E-state index in [0.29, 0.717) is 16.5 Å². The second kappa shape index (κ2) is 6.88. The van der Waals surface area contributed by atoms with Gasteiger partial charge in [0.05, 0.1) is 18.2 Å². The van der Waals surface area contributed by atoms with Crippen molar-refractivity contribution < 1.29 is 18.6 Å². The molecule has 0 saturated carbocycles. The first-order valence-electron chi connectivity index (χ1n) is 7.66. The summed E-state index contributed by atoms with van der Waals surface area (Å²) in [6.45, 7) is -0.128. The third-order valence-electron chi connectivity index (χ3n) is 4.64. The van der Waals surface area contributed by atoms with Crippen LogP contribution in [0.5, 0.6) is 0 Å².